The molecule has 0 fully saturated rings. The minimum atomic E-state index is -0.762. The molecule has 2 aromatic rings. The standard InChI is InChI=1S/C14H8Br2Cl2N2O4/c15-9-4-7(20(22)23)5-10(16)8(9)6-24-14(21)19-13-11(17)2-1-3-12(13)18/h1-5H,6H2,(H,19,21). The average Bonchev–Trinajstić information content (AvgIpc) is 2.50. The molecule has 0 aliphatic heterocycles. The van der Waals surface area contributed by atoms with Crippen LogP contribution in [0.3, 0.4) is 0 Å². The molecule has 0 saturated carbocycles. The number of anilines is 1. The molecule has 0 aromatic heterocycles. The Bertz CT molecular complexity index is 774. The summed E-state index contributed by atoms with van der Waals surface area (Å²) in [6.45, 7) is -0.118. The van der Waals surface area contributed by atoms with Crippen LogP contribution < -0.4 is 5.32 Å². The third-order valence-electron chi connectivity index (χ3n) is 2.87. The van der Waals surface area contributed by atoms with Crippen molar-refractivity contribution >= 4 is 72.5 Å². The van der Waals surface area contributed by atoms with Crippen LogP contribution in [0.25, 0.3) is 0 Å². The van der Waals surface area contributed by atoms with Gasteiger partial charge >= 0.3 is 6.09 Å². The lowest BCUT2D eigenvalue weighted by Gasteiger charge is -2.11. The van der Waals surface area contributed by atoms with Crippen LogP contribution in [0.4, 0.5) is 16.2 Å². The number of nitrogens with zero attached hydrogens (tertiary/aromatic N) is 1. The van der Waals surface area contributed by atoms with E-state index in [1.54, 1.807) is 18.2 Å². The average molecular weight is 499 g/mol. The summed E-state index contributed by atoms with van der Waals surface area (Å²) in [5.41, 5.74) is 0.693. The Morgan fingerprint density at radius 3 is 2.25 bits per heavy atom. The first-order valence-corrected chi connectivity index (χ1v) is 8.64. The molecule has 0 heterocycles. The van der Waals surface area contributed by atoms with Gasteiger partial charge in [-0.15, -0.1) is 0 Å². The number of nitrogens with one attached hydrogen (secondary N) is 1. The highest BCUT2D eigenvalue weighted by atomic mass is 79.9. The Hall–Kier alpha value is -1.35. The predicted molar refractivity (Wildman–Crippen MR) is 98.8 cm³/mol. The number of amides is 1. The zero-order valence-corrected chi connectivity index (χ0v) is 16.4. The Morgan fingerprint density at radius 2 is 1.75 bits per heavy atom. The normalized spacial score (nSPS) is 10.3. The van der Waals surface area contributed by atoms with E-state index in [0.29, 0.717) is 14.5 Å². The quantitative estimate of drug-likeness (QED) is 0.403. The first-order valence-electron chi connectivity index (χ1n) is 6.29. The molecule has 0 radical (unpaired) electrons. The summed E-state index contributed by atoms with van der Waals surface area (Å²) in [5, 5.41) is 13.8. The third-order valence-corrected chi connectivity index (χ3v) is 4.92. The van der Waals surface area contributed by atoms with Gasteiger partial charge in [-0.25, -0.2) is 4.79 Å². The van der Waals surface area contributed by atoms with E-state index in [-0.39, 0.29) is 28.0 Å². The largest absolute Gasteiger partial charge is 0.444 e. The second-order valence-corrected chi connectivity index (χ2v) is 6.97. The summed E-state index contributed by atoms with van der Waals surface area (Å²) < 4.78 is 5.98. The fourth-order valence-electron chi connectivity index (χ4n) is 1.73. The van der Waals surface area contributed by atoms with E-state index in [1.165, 1.54) is 12.1 Å². The maximum Gasteiger partial charge on any atom is 0.412 e. The molecule has 0 aliphatic carbocycles. The van der Waals surface area contributed by atoms with Crippen molar-refractivity contribution in [3.63, 3.8) is 0 Å². The summed E-state index contributed by atoms with van der Waals surface area (Å²) in [6, 6.07) is 7.45. The van der Waals surface area contributed by atoms with Crippen molar-refractivity contribution in [2.75, 3.05) is 5.32 Å². The van der Waals surface area contributed by atoms with Crippen LogP contribution in [0.5, 0.6) is 0 Å². The van der Waals surface area contributed by atoms with E-state index in [0.717, 1.165) is 0 Å². The molecule has 10 heteroatoms. The van der Waals surface area contributed by atoms with Gasteiger partial charge in [-0.05, 0) is 12.1 Å². The van der Waals surface area contributed by atoms with E-state index >= 15 is 0 Å². The van der Waals surface area contributed by atoms with E-state index in [4.69, 9.17) is 27.9 Å². The Balaban J connectivity index is 2.08. The van der Waals surface area contributed by atoms with E-state index < -0.39 is 11.0 Å². The molecule has 0 bridgehead atoms. The lowest BCUT2D eigenvalue weighted by molar-refractivity contribution is -0.385. The van der Waals surface area contributed by atoms with Gasteiger partial charge in [0.15, 0.2) is 0 Å². The second kappa shape index (κ2) is 8.15. The Labute approximate surface area is 163 Å². The molecule has 2 aromatic carbocycles. The first-order chi connectivity index (χ1) is 11.3. The summed E-state index contributed by atoms with van der Waals surface area (Å²) in [5.74, 6) is 0. The van der Waals surface area contributed by atoms with Gasteiger partial charge in [0.1, 0.15) is 6.61 Å². The van der Waals surface area contributed by atoms with Crippen LogP contribution in [0.2, 0.25) is 10.0 Å². The maximum absolute atomic E-state index is 11.9. The highest BCUT2D eigenvalue weighted by Crippen LogP contribution is 2.32. The minimum Gasteiger partial charge on any atom is -0.444 e. The van der Waals surface area contributed by atoms with Gasteiger partial charge in [0.25, 0.3) is 5.69 Å². The molecule has 0 saturated heterocycles. The van der Waals surface area contributed by atoms with Crippen molar-refractivity contribution in [3.8, 4) is 0 Å². The number of non-ortho nitro benzene ring substituents is 1. The van der Waals surface area contributed by atoms with Gasteiger partial charge < -0.3 is 4.74 Å². The van der Waals surface area contributed by atoms with Crippen molar-refractivity contribution in [2.45, 2.75) is 6.61 Å². The summed E-state index contributed by atoms with van der Waals surface area (Å²) in [7, 11) is 0. The first kappa shape index (κ1) is 19.0. The number of hydrogen-bond acceptors (Lipinski definition) is 4. The summed E-state index contributed by atoms with van der Waals surface area (Å²) in [6.07, 6.45) is -0.762. The molecule has 0 unspecified atom stereocenters. The highest BCUT2D eigenvalue weighted by Gasteiger charge is 2.16. The van der Waals surface area contributed by atoms with Gasteiger partial charge in [0, 0.05) is 26.6 Å². The Kier molecular flexibility index (Phi) is 6.45. The topological polar surface area (TPSA) is 81.5 Å². The molecule has 2 rings (SSSR count). The number of benzene rings is 2. The van der Waals surface area contributed by atoms with Crippen molar-refractivity contribution in [2.24, 2.45) is 0 Å². The van der Waals surface area contributed by atoms with E-state index in [9.17, 15) is 14.9 Å². The zero-order chi connectivity index (χ0) is 17.9. The fraction of sp³-hybridized carbons (Fsp3) is 0.0714. The second-order valence-electron chi connectivity index (χ2n) is 4.44. The molecular weight excluding hydrogens is 491 g/mol. The van der Waals surface area contributed by atoms with Gasteiger partial charge in [0.2, 0.25) is 0 Å². The lowest BCUT2D eigenvalue weighted by atomic mass is 10.2. The predicted octanol–water partition coefficient (Wildman–Crippen LogP) is 6.18. The van der Waals surface area contributed by atoms with Crippen LogP contribution in [0.15, 0.2) is 39.3 Å². The third kappa shape index (κ3) is 4.60. The molecule has 126 valence electrons. The number of hydrogen-bond donors (Lipinski definition) is 1. The number of rotatable bonds is 4. The smallest absolute Gasteiger partial charge is 0.412 e. The molecule has 1 N–H and O–H groups in total. The summed E-state index contributed by atoms with van der Waals surface area (Å²) >= 11 is 18.3. The fourth-order valence-corrected chi connectivity index (χ4v) is 3.61. The number of nitro benzene ring substituents is 1. The van der Waals surface area contributed by atoms with Crippen LogP contribution in [0, 0.1) is 10.1 Å². The molecule has 0 atom stereocenters. The number of para-hydroxylation sites is 1. The van der Waals surface area contributed by atoms with E-state index in [1.807, 2.05) is 0 Å². The number of carbonyl (C=O) groups is 1. The van der Waals surface area contributed by atoms with Crippen molar-refractivity contribution < 1.29 is 14.5 Å². The molecule has 0 spiro atoms. The van der Waals surface area contributed by atoms with Gasteiger partial charge in [-0.1, -0.05) is 61.1 Å². The van der Waals surface area contributed by atoms with Gasteiger partial charge in [-0.2, -0.15) is 0 Å². The van der Waals surface area contributed by atoms with Crippen molar-refractivity contribution in [3.05, 3.63) is 65.0 Å². The van der Waals surface area contributed by atoms with Crippen molar-refractivity contribution in [1.29, 1.82) is 0 Å². The number of carbonyl (C=O) groups excluding carboxylic acids is 1. The lowest BCUT2D eigenvalue weighted by Crippen LogP contribution is -2.14. The van der Waals surface area contributed by atoms with E-state index in [2.05, 4.69) is 37.2 Å². The van der Waals surface area contributed by atoms with Crippen LogP contribution in [-0.4, -0.2) is 11.0 Å². The van der Waals surface area contributed by atoms with Crippen LogP contribution in [-0.2, 0) is 11.3 Å². The monoisotopic (exact) mass is 496 g/mol. The zero-order valence-electron chi connectivity index (χ0n) is 11.7. The van der Waals surface area contributed by atoms with Crippen molar-refractivity contribution in [1.82, 2.24) is 0 Å². The minimum absolute atomic E-state index is 0.0928. The van der Waals surface area contributed by atoms with Crippen LogP contribution >= 0.6 is 55.1 Å². The van der Waals surface area contributed by atoms with Crippen LogP contribution in [0.1, 0.15) is 5.56 Å². The number of halogens is 4. The SMILES string of the molecule is O=C(Nc1c(Cl)cccc1Cl)OCc1c(Br)cc([N+](=O)[O-])cc1Br. The molecule has 24 heavy (non-hydrogen) atoms. The number of nitro groups is 1. The molecule has 6 nitrogen and oxygen atoms in total. The Morgan fingerprint density at radius 1 is 1.21 bits per heavy atom. The summed E-state index contributed by atoms with van der Waals surface area (Å²) in [4.78, 5) is 22.2. The number of ether oxygens (including phenoxy) is 1. The van der Waals surface area contributed by atoms with Gasteiger partial charge in [-0.3, -0.25) is 15.4 Å². The molecule has 1 amide bonds. The maximum atomic E-state index is 11.9. The van der Waals surface area contributed by atoms with Gasteiger partial charge in [0.05, 0.1) is 20.7 Å². The highest BCUT2D eigenvalue weighted by molar-refractivity contribution is 9.11. The molecular formula is C14H8Br2Cl2N2O4. The molecule has 0 aliphatic rings.